The Labute approximate surface area is 171 Å². The number of hydrogen-bond donors (Lipinski definition) is 0. The number of piperazine rings is 1. The summed E-state index contributed by atoms with van der Waals surface area (Å²) in [6, 6.07) is 6.17. The molecular weight excluding hydrogens is 371 g/mol. The third-order valence-corrected chi connectivity index (χ3v) is 5.29. The molecule has 1 saturated heterocycles. The Hall–Kier alpha value is -2.70. The number of carbonyl (C=O) groups excluding carboxylic acids is 2. The topological polar surface area (TPSA) is 58.4 Å². The van der Waals surface area contributed by atoms with E-state index >= 15 is 0 Å². The molecule has 7 heteroatoms. The van der Waals surface area contributed by atoms with Gasteiger partial charge in [-0.1, -0.05) is 20.8 Å². The molecule has 3 rings (SSSR count). The largest absolute Gasteiger partial charge is 0.339 e. The fraction of sp³-hybridized carbons (Fsp3) is 0.500. The average molecular weight is 400 g/mol. The van der Waals surface area contributed by atoms with Gasteiger partial charge in [-0.2, -0.15) is 5.10 Å². The van der Waals surface area contributed by atoms with Crippen LogP contribution in [0, 0.1) is 11.7 Å². The van der Waals surface area contributed by atoms with Crippen LogP contribution >= 0.6 is 0 Å². The van der Waals surface area contributed by atoms with E-state index in [1.54, 1.807) is 28.6 Å². The molecule has 2 amide bonds. The van der Waals surface area contributed by atoms with Crippen LogP contribution in [0.2, 0.25) is 0 Å². The van der Waals surface area contributed by atoms with Crippen LogP contribution in [0.3, 0.4) is 0 Å². The van der Waals surface area contributed by atoms with Gasteiger partial charge in [0.15, 0.2) is 0 Å². The lowest BCUT2D eigenvalue weighted by atomic mass is 10.0. The van der Waals surface area contributed by atoms with Gasteiger partial charge in [-0.25, -0.2) is 9.07 Å². The molecule has 0 unspecified atom stereocenters. The molecule has 1 fully saturated rings. The molecule has 0 saturated carbocycles. The lowest BCUT2D eigenvalue weighted by molar-refractivity contribution is -0.130. The van der Waals surface area contributed by atoms with Gasteiger partial charge in [0.1, 0.15) is 5.82 Å². The average Bonchev–Trinajstić information content (AvgIpc) is 3.05. The maximum atomic E-state index is 13.5. The summed E-state index contributed by atoms with van der Waals surface area (Å²) in [6.45, 7) is 9.89. The molecule has 0 radical (unpaired) electrons. The first kappa shape index (κ1) is 21.0. The molecule has 2 aromatic rings. The SMILES string of the molecule is CCc1c(C(=O)N2CCN(C(C)=O)CC2)c(CC(C)C)nn1-c1ccc(F)cc1. The van der Waals surface area contributed by atoms with Gasteiger partial charge in [-0.3, -0.25) is 9.59 Å². The monoisotopic (exact) mass is 400 g/mol. The minimum Gasteiger partial charge on any atom is -0.339 e. The molecule has 6 nitrogen and oxygen atoms in total. The fourth-order valence-corrected chi connectivity index (χ4v) is 3.78. The summed E-state index contributed by atoms with van der Waals surface area (Å²) in [6.07, 6.45) is 1.33. The molecule has 29 heavy (non-hydrogen) atoms. The Morgan fingerprint density at radius 1 is 1.07 bits per heavy atom. The van der Waals surface area contributed by atoms with Crippen LogP contribution in [0.25, 0.3) is 5.69 Å². The van der Waals surface area contributed by atoms with Gasteiger partial charge in [-0.05, 0) is 43.0 Å². The zero-order chi connectivity index (χ0) is 21.1. The van der Waals surface area contributed by atoms with E-state index < -0.39 is 0 Å². The van der Waals surface area contributed by atoms with Crippen LogP contribution < -0.4 is 0 Å². The van der Waals surface area contributed by atoms with E-state index in [2.05, 4.69) is 13.8 Å². The first-order valence-corrected chi connectivity index (χ1v) is 10.2. The summed E-state index contributed by atoms with van der Waals surface area (Å²) in [4.78, 5) is 28.6. The summed E-state index contributed by atoms with van der Waals surface area (Å²) >= 11 is 0. The van der Waals surface area contributed by atoms with Crippen molar-refractivity contribution in [1.82, 2.24) is 19.6 Å². The Kier molecular flexibility index (Phi) is 6.35. The number of halogens is 1. The van der Waals surface area contributed by atoms with Crippen molar-refractivity contribution in [2.45, 2.75) is 40.5 Å². The number of aromatic nitrogens is 2. The van der Waals surface area contributed by atoms with Crippen LogP contribution in [0.5, 0.6) is 0 Å². The van der Waals surface area contributed by atoms with Gasteiger partial charge in [-0.15, -0.1) is 0 Å². The zero-order valence-electron chi connectivity index (χ0n) is 17.6. The molecule has 1 aliphatic rings. The number of carbonyl (C=O) groups is 2. The van der Waals surface area contributed by atoms with E-state index in [4.69, 9.17) is 5.10 Å². The molecule has 1 aliphatic heterocycles. The standard InChI is InChI=1S/C22H29FN4O2/c1-5-20-21(22(29)26-12-10-25(11-13-26)16(4)28)19(14-15(2)3)24-27(20)18-8-6-17(23)7-9-18/h6-9,15H,5,10-14H2,1-4H3. The van der Waals surface area contributed by atoms with Gasteiger partial charge in [0.05, 0.1) is 22.6 Å². The Balaban J connectivity index is 1.98. The van der Waals surface area contributed by atoms with Crippen molar-refractivity contribution in [3.8, 4) is 5.69 Å². The number of benzene rings is 1. The summed E-state index contributed by atoms with van der Waals surface area (Å²) < 4.78 is 15.2. The van der Waals surface area contributed by atoms with Crippen LogP contribution in [0.1, 0.15) is 49.4 Å². The predicted octanol–water partition coefficient (Wildman–Crippen LogP) is 3.08. The highest BCUT2D eigenvalue weighted by molar-refractivity contribution is 5.97. The first-order valence-electron chi connectivity index (χ1n) is 10.2. The normalized spacial score (nSPS) is 14.6. The van der Waals surface area contributed by atoms with Crippen molar-refractivity contribution in [3.05, 3.63) is 47.0 Å². The highest BCUT2D eigenvalue weighted by atomic mass is 19.1. The minimum atomic E-state index is -0.305. The van der Waals surface area contributed by atoms with Crippen molar-refractivity contribution in [2.75, 3.05) is 26.2 Å². The summed E-state index contributed by atoms with van der Waals surface area (Å²) in [5.41, 5.74) is 3.02. The molecule has 0 bridgehead atoms. The number of amides is 2. The van der Waals surface area contributed by atoms with Gasteiger partial charge >= 0.3 is 0 Å². The quantitative estimate of drug-likeness (QED) is 0.775. The van der Waals surface area contributed by atoms with Gasteiger partial charge < -0.3 is 9.80 Å². The van der Waals surface area contributed by atoms with Gasteiger partial charge in [0.2, 0.25) is 5.91 Å². The molecular formula is C22H29FN4O2. The van der Waals surface area contributed by atoms with E-state index in [1.165, 1.54) is 12.1 Å². The molecule has 1 aromatic carbocycles. The zero-order valence-corrected chi connectivity index (χ0v) is 17.6. The van der Waals surface area contributed by atoms with Gasteiger partial charge in [0, 0.05) is 33.1 Å². The number of nitrogens with zero attached hydrogens (tertiary/aromatic N) is 4. The third-order valence-electron chi connectivity index (χ3n) is 5.29. The van der Waals surface area contributed by atoms with Crippen molar-refractivity contribution in [3.63, 3.8) is 0 Å². The summed E-state index contributed by atoms with van der Waals surface area (Å²) in [5.74, 6) is 0.0448. The van der Waals surface area contributed by atoms with E-state index in [-0.39, 0.29) is 17.6 Å². The van der Waals surface area contributed by atoms with Crippen molar-refractivity contribution in [2.24, 2.45) is 5.92 Å². The molecule has 0 aliphatic carbocycles. The number of rotatable bonds is 5. The van der Waals surface area contributed by atoms with E-state index in [0.29, 0.717) is 50.5 Å². The van der Waals surface area contributed by atoms with Crippen LogP contribution in [-0.4, -0.2) is 57.6 Å². The molecule has 156 valence electrons. The first-order chi connectivity index (χ1) is 13.8. The van der Waals surface area contributed by atoms with Gasteiger partial charge in [0.25, 0.3) is 5.91 Å². The third kappa shape index (κ3) is 4.49. The van der Waals surface area contributed by atoms with Crippen LogP contribution in [0.15, 0.2) is 24.3 Å². The second-order valence-electron chi connectivity index (χ2n) is 7.91. The Morgan fingerprint density at radius 3 is 2.17 bits per heavy atom. The predicted molar refractivity (Wildman–Crippen MR) is 110 cm³/mol. The van der Waals surface area contributed by atoms with E-state index in [0.717, 1.165) is 17.1 Å². The fourth-order valence-electron chi connectivity index (χ4n) is 3.78. The molecule has 0 atom stereocenters. The van der Waals surface area contributed by atoms with Crippen molar-refractivity contribution >= 4 is 11.8 Å². The Morgan fingerprint density at radius 2 is 1.66 bits per heavy atom. The molecule has 0 spiro atoms. The summed E-state index contributed by atoms with van der Waals surface area (Å²) in [7, 11) is 0. The van der Waals surface area contributed by atoms with Crippen LogP contribution in [-0.2, 0) is 17.6 Å². The highest BCUT2D eigenvalue weighted by Crippen LogP contribution is 2.24. The Bertz CT molecular complexity index is 881. The summed E-state index contributed by atoms with van der Waals surface area (Å²) in [5, 5.41) is 4.76. The van der Waals surface area contributed by atoms with Crippen molar-refractivity contribution < 1.29 is 14.0 Å². The second kappa shape index (κ2) is 8.76. The van der Waals surface area contributed by atoms with Crippen molar-refractivity contribution in [1.29, 1.82) is 0 Å². The smallest absolute Gasteiger partial charge is 0.257 e. The lowest BCUT2D eigenvalue weighted by Crippen LogP contribution is -2.50. The molecule has 0 N–H and O–H groups in total. The lowest BCUT2D eigenvalue weighted by Gasteiger charge is -2.34. The van der Waals surface area contributed by atoms with Crippen LogP contribution in [0.4, 0.5) is 4.39 Å². The number of hydrogen-bond acceptors (Lipinski definition) is 3. The maximum absolute atomic E-state index is 13.5. The maximum Gasteiger partial charge on any atom is 0.257 e. The molecule has 1 aromatic heterocycles. The second-order valence-corrected chi connectivity index (χ2v) is 7.91. The van der Waals surface area contributed by atoms with E-state index in [9.17, 15) is 14.0 Å². The highest BCUT2D eigenvalue weighted by Gasteiger charge is 2.30. The molecule has 2 heterocycles. The van der Waals surface area contributed by atoms with E-state index in [1.807, 2.05) is 11.8 Å². The minimum absolute atomic E-state index is 0.0333.